The molecule has 4 heteroatoms. The smallest absolute Gasteiger partial charge is 0.343 e. The first-order chi connectivity index (χ1) is 7.63. The third kappa shape index (κ3) is 9.23. The molecule has 0 unspecified atom stereocenters. The summed E-state index contributed by atoms with van der Waals surface area (Å²) < 4.78 is 9.49. The number of nitrogen functional groups attached to an aromatic ring is 1. The Bertz CT molecular complexity index is 296. The first-order valence-corrected chi connectivity index (χ1v) is 5.19. The van der Waals surface area contributed by atoms with E-state index in [4.69, 9.17) is 10.5 Å². The highest BCUT2D eigenvalue weighted by molar-refractivity contribution is 5.70. The van der Waals surface area contributed by atoms with Crippen LogP contribution < -0.4 is 10.5 Å². The number of rotatable bonds is 3. The third-order valence-corrected chi connectivity index (χ3v) is 1.46. The number of esters is 1. The monoisotopic (exact) mass is 241 g/mol. The molecular formula is C13H23NO3. The molecule has 0 spiro atoms. The molecule has 0 fully saturated rings. The van der Waals surface area contributed by atoms with Crippen molar-refractivity contribution >= 4 is 11.7 Å². The molecule has 0 radical (unpaired) electrons. The quantitative estimate of drug-likeness (QED) is 0.653. The number of benzene rings is 1. The van der Waals surface area contributed by atoms with Crippen molar-refractivity contribution in [1.82, 2.24) is 0 Å². The summed E-state index contributed by atoms with van der Waals surface area (Å²) in [6, 6.07) is 6.79. The summed E-state index contributed by atoms with van der Waals surface area (Å²) >= 11 is 0. The molecule has 0 heterocycles. The normalized spacial score (nSPS) is 8.18. The van der Waals surface area contributed by atoms with Crippen molar-refractivity contribution in [3.63, 3.8) is 0 Å². The number of nitrogens with two attached hydrogens (primary N) is 1. The SMILES string of the molecule is C.CCC.COC(=O)COc1ccc(N)cc1. The second kappa shape index (κ2) is 10.8. The van der Waals surface area contributed by atoms with Crippen LogP contribution in [0.1, 0.15) is 27.7 Å². The number of carbonyl (C=O) groups is 1. The topological polar surface area (TPSA) is 61.5 Å². The first-order valence-electron chi connectivity index (χ1n) is 5.19. The maximum absolute atomic E-state index is 10.7. The highest BCUT2D eigenvalue weighted by Gasteiger charge is 2.00. The van der Waals surface area contributed by atoms with E-state index in [1.165, 1.54) is 13.5 Å². The van der Waals surface area contributed by atoms with E-state index in [0.717, 1.165) is 0 Å². The zero-order chi connectivity index (χ0) is 12.4. The summed E-state index contributed by atoms with van der Waals surface area (Å²) in [6.45, 7) is 4.17. The van der Waals surface area contributed by atoms with Crippen LogP contribution in [-0.4, -0.2) is 19.7 Å². The van der Waals surface area contributed by atoms with Crippen LogP contribution in [0.5, 0.6) is 5.75 Å². The second-order valence-corrected chi connectivity index (χ2v) is 3.14. The molecule has 1 rings (SSSR count). The molecule has 4 nitrogen and oxygen atoms in total. The summed E-state index contributed by atoms with van der Waals surface area (Å²) in [5.41, 5.74) is 6.12. The van der Waals surface area contributed by atoms with Gasteiger partial charge in [-0.15, -0.1) is 0 Å². The lowest BCUT2D eigenvalue weighted by atomic mass is 10.3. The number of ether oxygens (including phenoxy) is 2. The largest absolute Gasteiger partial charge is 0.482 e. The fourth-order valence-electron chi connectivity index (χ4n) is 0.765. The molecule has 0 saturated heterocycles. The molecule has 0 amide bonds. The molecule has 98 valence electrons. The van der Waals surface area contributed by atoms with E-state index in [1.54, 1.807) is 24.3 Å². The standard InChI is InChI=1S/C9H11NO3.C3H8.CH4/c1-12-9(11)6-13-8-4-2-7(10)3-5-8;1-3-2;/h2-5H,6,10H2,1H3;3H2,1-2H3;1H4. The molecule has 1 aromatic carbocycles. The van der Waals surface area contributed by atoms with Gasteiger partial charge < -0.3 is 15.2 Å². The van der Waals surface area contributed by atoms with Crippen molar-refractivity contribution in [3.05, 3.63) is 24.3 Å². The van der Waals surface area contributed by atoms with Gasteiger partial charge in [-0.1, -0.05) is 27.7 Å². The van der Waals surface area contributed by atoms with Gasteiger partial charge >= 0.3 is 5.97 Å². The van der Waals surface area contributed by atoms with Crippen LogP contribution in [-0.2, 0) is 9.53 Å². The average molecular weight is 241 g/mol. The summed E-state index contributed by atoms with van der Waals surface area (Å²) in [5.74, 6) is 0.191. The summed E-state index contributed by atoms with van der Waals surface area (Å²) in [4.78, 5) is 10.7. The molecule has 0 aromatic heterocycles. The molecule has 2 N–H and O–H groups in total. The van der Waals surface area contributed by atoms with Crippen LogP contribution in [0.2, 0.25) is 0 Å². The van der Waals surface area contributed by atoms with Crippen molar-refractivity contribution in [1.29, 1.82) is 0 Å². The predicted octanol–water partition coefficient (Wildman–Crippen LogP) is 2.87. The van der Waals surface area contributed by atoms with Gasteiger partial charge in [0.2, 0.25) is 0 Å². The molecular weight excluding hydrogens is 218 g/mol. The van der Waals surface area contributed by atoms with Gasteiger partial charge in [0, 0.05) is 5.69 Å². The Hall–Kier alpha value is -1.71. The van der Waals surface area contributed by atoms with E-state index in [2.05, 4.69) is 18.6 Å². The fourth-order valence-corrected chi connectivity index (χ4v) is 0.765. The van der Waals surface area contributed by atoms with E-state index in [9.17, 15) is 4.79 Å². The van der Waals surface area contributed by atoms with Gasteiger partial charge in [-0.2, -0.15) is 0 Å². The summed E-state index contributed by atoms with van der Waals surface area (Å²) in [5, 5.41) is 0. The van der Waals surface area contributed by atoms with Crippen LogP contribution in [0, 0.1) is 0 Å². The fraction of sp³-hybridized carbons (Fsp3) is 0.462. The van der Waals surface area contributed by atoms with Crippen molar-refractivity contribution in [2.45, 2.75) is 27.7 Å². The first kappa shape index (κ1) is 17.7. The van der Waals surface area contributed by atoms with Gasteiger partial charge in [0.1, 0.15) is 5.75 Å². The molecule has 0 atom stereocenters. The third-order valence-electron chi connectivity index (χ3n) is 1.46. The predicted molar refractivity (Wildman–Crippen MR) is 71.1 cm³/mol. The number of methoxy groups -OCH3 is 1. The van der Waals surface area contributed by atoms with Crippen molar-refractivity contribution in [2.24, 2.45) is 0 Å². The van der Waals surface area contributed by atoms with Gasteiger partial charge in [0.15, 0.2) is 6.61 Å². The summed E-state index contributed by atoms with van der Waals surface area (Å²) in [7, 11) is 1.31. The Morgan fingerprint density at radius 3 is 2.12 bits per heavy atom. The van der Waals surface area contributed by atoms with Gasteiger partial charge in [-0.05, 0) is 24.3 Å². The van der Waals surface area contributed by atoms with Gasteiger partial charge in [-0.25, -0.2) is 4.79 Å². The number of anilines is 1. The van der Waals surface area contributed by atoms with E-state index < -0.39 is 5.97 Å². The van der Waals surface area contributed by atoms with Crippen LogP contribution in [0.25, 0.3) is 0 Å². The highest BCUT2D eigenvalue weighted by atomic mass is 16.6. The van der Waals surface area contributed by atoms with E-state index >= 15 is 0 Å². The van der Waals surface area contributed by atoms with Crippen molar-refractivity contribution in [3.8, 4) is 5.75 Å². The molecule has 1 aromatic rings. The van der Waals surface area contributed by atoms with Gasteiger partial charge in [0.05, 0.1) is 7.11 Å². The van der Waals surface area contributed by atoms with Crippen molar-refractivity contribution in [2.75, 3.05) is 19.5 Å². The van der Waals surface area contributed by atoms with E-state index in [0.29, 0.717) is 11.4 Å². The van der Waals surface area contributed by atoms with Crippen LogP contribution in [0.3, 0.4) is 0 Å². The molecule has 17 heavy (non-hydrogen) atoms. The second-order valence-electron chi connectivity index (χ2n) is 3.14. The average Bonchev–Trinajstić information content (AvgIpc) is 2.29. The molecule has 0 bridgehead atoms. The van der Waals surface area contributed by atoms with Crippen LogP contribution in [0.4, 0.5) is 5.69 Å². The number of carbonyl (C=O) groups excluding carboxylic acids is 1. The Balaban J connectivity index is 0. The Labute approximate surface area is 104 Å². The van der Waals surface area contributed by atoms with E-state index in [1.807, 2.05) is 0 Å². The van der Waals surface area contributed by atoms with Gasteiger partial charge in [-0.3, -0.25) is 0 Å². The Morgan fingerprint density at radius 1 is 1.24 bits per heavy atom. The molecule has 0 aliphatic heterocycles. The maximum Gasteiger partial charge on any atom is 0.343 e. The van der Waals surface area contributed by atoms with Gasteiger partial charge in [0.25, 0.3) is 0 Å². The maximum atomic E-state index is 10.7. The zero-order valence-corrected chi connectivity index (χ0v) is 10.0. The molecule has 0 aliphatic carbocycles. The summed E-state index contributed by atoms with van der Waals surface area (Å²) in [6.07, 6.45) is 1.25. The van der Waals surface area contributed by atoms with E-state index in [-0.39, 0.29) is 14.0 Å². The lowest BCUT2D eigenvalue weighted by Crippen LogP contribution is -2.12. The van der Waals surface area contributed by atoms with Crippen LogP contribution >= 0.6 is 0 Å². The minimum Gasteiger partial charge on any atom is -0.482 e. The minimum absolute atomic E-state index is 0. The highest BCUT2D eigenvalue weighted by Crippen LogP contribution is 2.12. The number of hydrogen-bond acceptors (Lipinski definition) is 4. The van der Waals surface area contributed by atoms with Crippen molar-refractivity contribution < 1.29 is 14.3 Å². The molecule has 0 aliphatic rings. The number of hydrogen-bond donors (Lipinski definition) is 1. The van der Waals surface area contributed by atoms with Crippen LogP contribution in [0.15, 0.2) is 24.3 Å². The lowest BCUT2D eigenvalue weighted by molar-refractivity contribution is -0.142. The molecule has 0 saturated carbocycles. The Morgan fingerprint density at radius 2 is 1.71 bits per heavy atom. The lowest BCUT2D eigenvalue weighted by Gasteiger charge is -2.03. The Kier molecular flexibility index (Phi) is 11.2. The minimum atomic E-state index is -0.406. The zero-order valence-electron chi connectivity index (χ0n) is 10.0.